The average Bonchev–Trinajstić information content (AvgIpc) is 2.90. The van der Waals surface area contributed by atoms with Crippen molar-refractivity contribution in [3.63, 3.8) is 0 Å². The number of ketones is 2. The number of carbonyl (C=O) groups is 2. The highest BCUT2D eigenvalue weighted by Crippen LogP contribution is 2.31. The Kier molecular flexibility index (Phi) is 20.3. The molecule has 0 amide bonds. The van der Waals surface area contributed by atoms with Crippen LogP contribution in [0, 0.1) is 0 Å². The summed E-state index contributed by atoms with van der Waals surface area (Å²) in [6.45, 7) is 12.0. The fourth-order valence-corrected chi connectivity index (χ4v) is 4.44. The molecule has 0 aliphatic carbocycles. The third-order valence-corrected chi connectivity index (χ3v) is 7.22. The van der Waals surface area contributed by atoms with Crippen molar-refractivity contribution in [2.24, 2.45) is 0 Å². The number of carbonyl (C=O) groups excluding carboxylic acids is 2. The van der Waals surface area contributed by atoms with Gasteiger partial charge in [-0.3, -0.25) is 14.2 Å². The molecular formula is C34H51F4O5P. The van der Waals surface area contributed by atoms with Gasteiger partial charge in [0.05, 0.1) is 0 Å². The van der Waals surface area contributed by atoms with E-state index in [-0.39, 0.29) is 0 Å². The van der Waals surface area contributed by atoms with Crippen LogP contribution in [0.1, 0.15) is 107 Å². The van der Waals surface area contributed by atoms with Gasteiger partial charge < -0.3 is 9.05 Å². The maximum atomic E-state index is 14.3. The number of rotatable bonds is 22. The predicted molar refractivity (Wildman–Crippen MR) is 172 cm³/mol. The van der Waals surface area contributed by atoms with E-state index in [0.29, 0.717) is 36.8 Å². The molecule has 0 fully saturated rings. The third-order valence-electron chi connectivity index (χ3n) is 6.46. The summed E-state index contributed by atoms with van der Waals surface area (Å²) in [4.78, 5) is 24.1. The Morgan fingerprint density at radius 3 is 1.16 bits per heavy atom. The fourth-order valence-electron chi connectivity index (χ4n) is 3.76. The Morgan fingerprint density at radius 1 is 0.545 bits per heavy atom. The summed E-state index contributed by atoms with van der Waals surface area (Å²) in [5, 5.41) is 0. The van der Waals surface area contributed by atoms with E-state index in [4.69, 9.17) is 0 Å². The van der Waals surface area contributed by atoms with Crippen molar-refractivity contribution in [1.29, 1.82) is 0 Å². The van der Waals surface area contributed by atoms with Crippen LogP contribution in [0.15, 0.2) is 69.9 Å². The molecule has 0 aliphatic rings. The average molecular weight is 647 g/mol. The molecule has 0 spiro atoms. The van der Waals surface area contributed by atoms with Gasteiger partial charge in [0.1, 0.15) is 13.2 Å². The maximum Gasteiger partial charge on any atom is 0.332 e. The second-order valence-electron chi connectivity index (χ2n) is 11.8. The molecule has 0 N–H and O–H groups in total. The molecule has 0 aromatic heterocycles. The standard InChI is InChI=1S/C34H51F4O5P/c1-25(2)13-9-15-27(5)17-11-19-29(7)21-31(39)33(35,36)23-42-44(41)43-24-34(37,38)32(40)22-30(8)20-12-18-28(6)16-10-14-26(3)4/h13-14,17-18,21-22,44H,9-12,15-16,19-20,23-24H2,1-8H3/b27-17+,28-18+,29-21+,30-22+. The van der Waals surface area contributed by atoms with Crippen LogP contribution < -0.4 is 0 Å². The number of hydrogen-bond donors (Lipinski definition) is 0. The predicted octanol–water partition coefficient (Wildman–Crippen LogP) is 10.7. The van der Waals surface area contributed by atoms with Crippen LogP contribution in [-0.4, -0.2) is 36.6 Å². The summed E-state index contributed by atoms with van der Waals surface area (Å²) < 4.78 is 77.6. The topological polar surface area (TPSA) is 69.7 Å². The van der Waals surface area contributed by atoms with E-state index in [0.717, 1.165) is 49.0 Å². The molecule has 0 aromatic rings. The highest BCUT2D eigenvalue weighted by Gasteiger charge is 2.40. The van der Waals surface area contributed by atoms with E-state index < -0.39 is 44.9 Å². The lowest BCUT2D eigenvalue weighted by Crippen LogP contribution is -2.33. The zero-order valence-corrected chi connectivity index (χ0v) is 28.6. The maximum absolute atomic E-state index is 14.3. The summed E-state index contributed by atoms with van der Waals surface area (Å²) >= 11 is 0. The molecule has 0 bridgehead atoms. The molecule has 44 heavy (non-hydrogen) atoms. The first kappa shape index (κ1) is 41.7. The van der Waals surface area contributed by atoms with Gasteiger partial charge in [0, 0.05) is 0 Å². The van der Waals surface area contributed by atoms with Crippen molar-refractivity contribution in [3.05, 3.63) is 69.9 Å². The molecule has 0 atom stereocenters. The van der Waals surface area contributed by atoms with Crippen LogP contribution in [0.5, 0.6) is 0 Å². The minimum atomic E-state index is -4.03. The second-order valence-corrected chi connectivity index (χ2v) is 12.8. The molecule has 0 aliphatic heterocycles. The highest BCUT2D eigenvalue weighted by atomic mass is 31.1. The Labute approximate surface area is 262 Å². The molecule has 0 aromatic carbocycles. The zero-order valence-electron chi connectivity index (χ0n) is 27.6. The van der Waals surface area contributed by atoms with Crippen LogP contribution in [0.25, 0.3) is 0 Å². The third kappa shape index (κ3) is 20.6. The van der Waals surface area contributed by atoms with Gasteiger partial charge >= 0.3 is 20.1 Å². The largest absolute Gasteiger partial charge is 0.332 e. The minimum Gasteiger partial charge on any atom is -0.304 e. The lowest BCUT2D eigenvalue weighted by molar-refractivity contribution is -0.143. The first-order valence-corrected chi connectivity index (χ1v) is 16.1. The molecule has 250 valence electrons. The van der Waals surface area contributed by atoms with Crippen molar-refractivity contribution in [2.75, 3.05) is 13.2 Å². The van der Waals surface area contributed by atoms with Crippen LogP contribution in [0.3, 0.4) is 0 Å². The fraction of sp³-hybridized carbons (Fsp3) is 0.588. The minimum absolute atomic E-state index is 0.395. The highest BCUT2D eigenvalue weighted by molar-refractivity contribution is 7.33. The van der Waals surface area contributed by atoms with E-state index >= 15 is 0 Å². The van der Waals surface area contributed by atoms with Gasteiger partial charge in [-0.05, 0) is 119 Å². The molecular weight excluding hydrogens is 595 g/mol. The number of hydrogen-bond acceptors (Lipinski definition) is 5. The molecule has 0 saturated heterocycles. The number of allylic oxidation sites excluding steroid dienone is 12. The number of halogens is 4. The van der Waals surface area contributed by atoms with Crippen molar-refractivity contribution < 1.29 is 40.8 Å². The Balaban J connectivity index is 4.73. The van der Waals surface area contributed by atoms with Crippen molar-refractivity contribution in [3.8, 4) is 0 Å². The number of alkyl halides is 4. The van der Waals surface area contributed by atoms with E-state index in [1.54, 1.807) is 13.8 Å². The van der Waals surface area contributed by atoms with Gasteiger partial charge in [0.2, 0.25) is 11.6 Å². The quantitative estimate of drug-likeness (QED) is 0.0507. The molecule has 5 nitrogen and oxygen atoms in total. The first-order valence-electron chi connectivity index (χ1n) is 14.9. The van der Waals surface area contributed by atoms with Gasteiger partial charge in [0.25, 0.3) is 0 Å². The molecule has 0 saturated carbocycles. The summed E-state index contributed by atoms with van der Waals surface area (Å²) in [6, 6.07) is 0. The molecule has 0 heterocycles. The SMILES string of the molecule is CC(C)=CCC/C(C)=C/CC/C(C)=C/C(=O)C(F)(F)CO[PH](=O)OCC(F)(F)C(=O)/C=C(\C)CC/C=C(\C)CCC=C(C)C. The summed E-state index contributed by atoms with van der Waals surface area (Å²) in [5.74, 6) is -11.2. The molecule has 0 radical (unpaired) electrons. The smallest absolute Gasteiger partial charge is 0.304 e. The molecule has 10 heteroatoms. The zero-order chi connectivity index (χ0) is 33.9. The molecule has 0 unspecified atom stereocenters. The van der Waals surface area contributed by atoms with Gasteiger partial charge in [-0.2, -0.15) is 17.6 Å². The summed E-state index contributed by atoms with van der Waals surface area (Å²) in [6.07, 6.45) is 15.4. The van der Waals surface area contributed by atoms with Gasteiger partial charge in [-0.15, -0.1) is 0 Å². The molecule has 0 rings (SSSR count). The van der Waals surface area contributed by atoms with Gasteiger partial charge in [-0.1, -0.05) is 57.7 Å². The normalized spacial score (nSPS) is 14.4. The van der Waals surface area contributed by atoms with E-state index in [1.807, 2.05) is 53.7 Å². The Bertz CT molecular complexity index is 1060. The van der Waals surface area contributed by atoms with E-state index in [1.165, 1.54) is 11.1 Å². The summed E-state index contributed by atoms with van der Waals surface area (Å²) in [7, 11) is -3.83. The Morgan fingerprint density at radius 2 is 0.841 bits per heavy atom. The first-order chi connectivity index (χ1) is 20.4. The van der Waals surface area contributed by atoms with Crippen LogP contribution in [0.4, 0.5) is 17.6 Å². The van der Waals surface area contributed by atoms with Crippen molar-refractivity contribution in [2.45, 2.75) is 119 Å². The lowest BCUT2D eigenvalue weighted by Gasteiger charge is -2.16. The second kappa shape index (κ2) is 21.4. The van der Waals surface area contributed by atoms with Gasteiger partial charge in [-0.25, -0.2) is 0 Å². The Hall–Kier alpha value is -2.35. The van der Waals surface area contributed by atoms with Crippen molar-refractivity contribution >= 4 is 19.8 Å². The van der Waals surface area contributed by atoms with Gasteiger partial charge in [0.15, 0.2) is 0 Å². The van der Waals surface area contributed by atoms with Crippen LogP contribution in [0.2, 0.25) is 0 Å². The van der Waals surface area contributed by atoms with E-state index in [9.17, 15) is 31.7 Å². The monoisotopic (exact) mass is 646 g/mol. The summed E-state index contributed by atoms with van der Waals surface area (Å²) in [5.41, 5.74) is 5.65. The van der Waals surface area contributed by atoms with E-state index in [2.05, 4.69) is 21.2 Å². The van der Waals surface area contributed by atoms with Crippen LogP contribution in [-0.2, 0) is 23.2 Å². The lowest BCUT2D eigenvalue weighted by atomic mass is 10.0. The van der Waals surface area contributed by atoms with Crippen molar-refractivity contribution in [1.82, 2.24) is 0 Å². The van der Waals surface area contributed by atoms with Crippen LogP contribution >= 0.6 is 8.25 Å².